The number of ether oxygens (including phenoxy) is 1. The van der Waals surface area contributed by atoms with Gasteiger partial charge < -0.3 is 4.74 Å². The van der Waals surface area contributed by atoms with Gasteiger partial charge in [0.25, 0.3) is 5.69 Å². The van der Waals surface area contributed by atoms with Crippen molar-refractivity contribution in [3.05, 3.63) is 76.1 Å². The number of para-hydroxylation sites is 1. The molecular formula is C17H14N4O4S. The summed E-state index contributed by atoms with van der Waals surface area (Å²) in [5.74, 6) is 1.11. The molecular weight excluding hydrogens is 356 g/mol. The standard InChI is InChI=1S/C17H14N4O4S/c22-15(12-5-4-6-13(9-12)21(23)24)11-26-17-18-16(19-20-17)10-25-14-7-2-1-3-8-14/h1-9H,10-11H2,(H,18,19,20). The van der Waals surface area contributed by atoms with Crippen LogP contribution in [0.3, 0.4) is 0 Å². The number of ketones is 1. The summed E-state index contributed by atoms with van der Waals surface area (Å²) < 4.78 is 5.56. The number of carbonyl (C=O) groups excluding carboxylic acids is 1. The first kappa shape index (κ1) is 17.6. The highest BCUT2D eigenvalue weighted by atomic mass is 32.2. The van der Waals surface area contributed by atoms with Gasteiger partial charge in [0.15, 0.2) is 11.6 Å². The largest absolute Gasteiger partial charge is 0.486 e. The molecule has 1 heterocycles. The molecule has 0 saturated carbocycles. The summed E-state index contributed by atoms with van der Waals surface area (Å²) in [4.78, 5) is 26.7. The van der Waals surface area contributed by atoms with Crippen LogP contribution in [0.5, 0.6) is 5.75 Å². The van der Waals surface area contributed by atoms with Crippen LogP contribution in [0.1, 0.15) is 16.2 Å². The van der Waals surface area contributed by atoms with E-state index in [1.807, 2.05) is 30.3 Å². The van der Waals surface area contributed by atoms with E-state index in [0.717, 1.165) is 17.5 Å². The molecule has 9 heteroatoms. The van der Waals surface area contributed by atoms with Crippen molar-refractivity contribution < 1.29 is 14.5 Å². The molecule has 3 rings (SSSR count). The summed E-state index contributed by atoms with van der Waals surface area (Å²) in [5.41, 5.74) is 0.175. The Hall–Kier alpha value is -3.20. The minimum absolute atomic E-state index is 0.0814. The lowest BCUT2D eigenvalue weighted by Crippen LogP contribution is -2.03. The van der Waals surface area contributed by atoms with Gasteiger partial charge in [-0.3, -0.25) is 20.0 Å². The van der Waals surface area contributed by atoms with Crippen LogP contribution in [0.15, 0.2) is 59.8 Å². The zero-order valence-corrected chi connectivity index (χ0v) is 14.3. The number of nitrogens with zero attached hydrogens (tertiary/aromatic N) is 3. The predicted octanol–water partition coefficient (Wildman–Crippen LogP) is 3.27. The maximum atomic E-state index is 12.2. The van der Waals surface area contributed by atoms with Crippen LogP contribution in [0.2, 0.25) is 0 Å². The van der Waals surface area contributed by atoms with Gasteiger partial charge in [0.1, 0.15) is 12.4 Å². The average Bonchev–Trinajstić information content (AvgIpc) is 3.13. The predicted molar refractivity (Wildman–Crippen MR) is 95.3 cm³/mol. The van der Waals surface area contributed by atoms with Gasteiger partial charge in [-0.25, -0.2) is 4.98 Å². The van der Waals surface area contributed by atoms with Gasteiger partial charge in [-0.15, -0.1) is 5.10 Å². The molecule has 2 aromatic carbocycles. The highest BCUT2D eigenvalue weighted by molar-refractivity contribution is 7.99. The second kappa shape index (κ2) is 8.26. The van der Waals surface area contributed by atoms with E-state index in [4.69, 9.17) is 4.74 Å². The minimum Gasteiger partial charge on any atom is -0.486 e. The van der Waals surface area contributed by atoms with Crippen LogP contribution < -0.4 is 4.74 Å². The van der Waals surface area contributed by atoms with Crippen molar-refractivity contribution in [2.45, 2.75) is 11.8 Å². The van der Waals surface area contributed by atoms with Gasteiger partial charge in [0.2, 0.25) is 5.16 Å². The normalized spacial score (nSPS) is 10.5. The number of carbonyl (C=O) groups is 1. The Kier molecular flexibility index (Phi) is 5.59. The molecule has 26 heavy (non-hydrogen) atoms. The molecule has 0 saturated heterocycles. The number of non-ortho nitro benzene ring substituents is 1. The van der Waals surface area contributed by atoms with Gasteiger partial charge in [-0.05, 0) is 12.1 Å². The monoisotopic (exact) mass is 370 g/mol. The Morgan fingerprint density at radius 3 is 2.77 bits per heavy atom. The summed E-state index contributed by atoms with van der Waals surface area (Å²) in [5, 5.41) is 18.0. The van der Waals surface area contributed by atoms with Crippen molar-refractivity contribution in [3.8, 4) is 5.75 Å². The molecule has 0 spiro atoms. The zero-order chi connectivity index (χ0) is 18.4. The van der Waals surface area contributed by atoms with Gasteiger partial charge in [-0.1, -0.05) is 42.1 Å². The minimum atomic E-state index is -0.530. The smallest absolute Gasteiger partial charge is 0.270 e. The maximum absolute atomic E-state index is 12.2. The van der Waals surface area contributed by atoms with Crippen molar-refractivity contribution in [2.75, 3.05) is 5.75 Å². The van der Waals surface area contributed by atoms with E-state index in [0.29, 0.717) is 11.0 Å². The molecule has 0 atom stereocenters. The quantitative estimate of drug-likeness (QED) is 0.280. The summed E-state index contributed by atoms with van der Waals surface area (Å²) in [7, 11) is 0. The Bertz CT molecular complexity index is 914. The fourth-order valence-corrected chi connectivity index (χ4v) is 2.79. The van der Waals surface area contributed by atoms with Crippen LogP contribution in [0, 0.1) is 10.1 Å². The van der Waals surface area contributed by atoms with Gasteiger partial charge >= 0.3 is 0 Å². The van der Waals surface area contributed by atoms with E-state index in [1.54, 1.807) is 6.07 Å². The number of thioether (sulfide) groups is 1. The molecule has 132 valence electrons. The van der Waals surface area contributed by atoms with E-state index < -0.39 is 4.92 Å². The number of benzene rings is 2. The molecule has 0 radical (unpaired) electrons. The van der Waals surface area contributed by atoms with Crippen molar-refractivity contribution >= 4 is 23.2 Å². The van der Waals surface area contributed by atoms with Crippen molar-refractivity contribution in [2.24, 2.45) is 0 Å². The van der Waals surface area contributed by atoms with E-state index in [2.05, 4.69) is 15.2 Å². The highest BCUT2D eigenvalue weighted by Gasteiger charge is 2.13. The number of Topliss-reactive ketones (excluding diaryl/α,β-unsaturated/α-hetero) is 1. The van der Waals surface area contributed by atoms with Crippen LogP contribution in [-0.2, 0) is 6.61 Å². The molecule has 0 bridgehead atoms. The molecule has 0 unspecified atom stereocenters. The molecule has 1 aromatic heterocycles. The summed E-state index contributed by atoms with van der Waals surface area (Å²) in [6.07, 6.45) is 0. The Balaban J connectivity index is 1.53. The molecule has 0 aliphatic heterocycles. The van der Waals surface area contributed by atoms with Gasteiger partial charge in [0, 0.05) is 17.7 Å². The molecule has 1 N–H and O–H groups in total. The lowest BCUT2D eigenvalue weighted by molar-refractivity contribution is -0.384. The Morgan fingerprint density at radius 2 is 2.00 bits per heavy atom. The van der Waals surface area contributed by atoms with E-state index in [9.17, 15) is 14.9 Å². The van der Waals surface area contributed by atoms with E-state index >= 15 is 0 Å². The number of hydrogen-bond donors (Lipinski definition) is 1. The molecule has 0 fully saturated rings. The lowest BCUT2D eigenvalue weighted by Gasteiger charge is -2.02. The number of aromatic nitrogens is 3. The van der Waals surface area contributed by atoms with Crippen LogP contribution in [0.25, 0.3) is 0 Å². The van der Waals surface area contributed by atoms with Crippen LogP contribution in [0.4, 0.5) is 5.69 Å². The first-order valence-electron chi connectivity index (χ1n) is 7.61. The van der Waals surface area contributed by atoms with Crippen molar-refractivity contribution in [1.82, 2.24) is 15.2 Å². The summed E-state index contributed by atoms with van der Waals surface area (Å²) in [6.45, 7) is 0.233. The van der Waals surface area contributed by atoms with Crippen LogP contribution >= 0.6 is 11.8 Å². The molecule has 0 aliphatic carbocycles. The zero-order valence-electron chi connectivity index (χ0n) is 13.5. The summed E-state index contributed by atoms with van der Waals surface area (Å²) in [6, 6.07) is 15.0. The van der Waals surface area contributed by atoms with Crippen LogP contribution in [-0.4, -0.2) is 31.6 Å². The second-order valence-electron chi connectivity index (χ2n) is 5.19. The fraction of sp³-hybridized carbons (Fsp3) is 0.118. The molecule has 0 amide bonds. The number of hydrogen-bond acceptors (Lipinski definition) is 7. The topological polar surface area (TPSA) is 111 Å². The number of H-pyrrole nitrogens is 1. The number of nitro groups is 1. The van der Waals surface area contributed by atoms with E-state index in [-0.39, 0.29) is 29.4 Å². The van der Waals surface area contributed by atoms with Crippen molar-refractivity contribution in [3.63, 3.8) is 0 Å². The number of rotatable bonds is 8. The van der Waals surface area contributed by atoms with E-state index in [1.165, 1.54) is 18.2 Å². The number of aromatic amines is 1. The van der Waals surface area contributed by atoms with Gasteiger partial charge in [-0.2, -0.15) is 0 Å². The lowest BCUT2D eigenvalue weighted by atomic mass is 10.1. The van der Waals surface area contributed by atoms with Crippen molar-refractivity contribution in [1.29, 1.82) is 0 Å². The SMILES string of the molecule is O=C(CSc1n[nH]c(COc2ccccc2)n1)c1cccc([N+](=O)[O-])c1. The highest BCUT2D eigenvalue weighted by Crippen LogP contribution is 2.18. The molecule has 0 aliphatic rings. The Labute approximate surface area is 152 Å². The first-order chi connectivity index (χ1) is 12.6. The second-order valence-corrected chi connectivity index (χ2v) is 6.13. The average molecular weight is 370 g/mol. The number of nitrogens with one attached hydrogen (secondary N) is 1. The number of nitro benzene ring substituents is 1. The maximum Gasteiger partial charge on any atom is 0.270 e. The van der Waals surface area contributed by atoms with Gasteiger partial charge in [0.05, 0.1) is 10.7 Å². The third-order valence-electron chi connectivity index (χ3n) is 3.34. The fourth-order valence-electron chi connectivity index (χ4n) is 2.08. The third-order valence-corrected chi connectivity index (χ3v) is 4.19. The third kappa shape index (κ3) is 4.67. The molecule has 3 aromatic rings. The first-order valence-corrected chi connectivity index (χ1v) is 8.60. The Morgan fingerprint density at radius 1 is 1.19 bits per heavy atom. The molecule has 8 nitrogen and oxygen atoms in total. The summed E-state index contributed by atoms with van der Waals surface area (Å²) >= 11 is 1.15.